The summed E-state index contributed by atoms with van der Waals surface area (Å²) in [5.41, 5.74) is 6.70. The molecule has 0 saturated heterocycles. The minimum Gasteiger partial charge on any atom is -0.389 e. The van der Waals surface area contributed by atoms with Gasteiger partial charge in [-0.25, -0.2) is 8.42 Å². The number of hydrogen-bond acceptors (Lipinski definition) is 4. The molecule has 0 radical (unpaired) electrons. The second-order valence-electron chi connectivity index (χ2n) is 4.05. The molecule has 2 rings (SSSR count). The van der Waals surface area contributed by atoms with Gasteiger partial charge in [0.15, 0.2) is 0 Å². The summed E-state index contributed by atoms with van der Waals surface area (Å²) in [4.78, 5) is 0.735. The summed E-state index contributed by atoms with van der Waals surface area (Å²) >= 11 is 11.7. The number of rotatable bonds is 4. The summed E-state index contributed by atoms with van der Waals surface area (Å²) in [6.45, 7) is 1.79. The molecule has 0 unspecified atom stereocenters. The van der Waals surface area contributed by atoms with Crippen molar-refractivity contribution < 1.29 is 8.42 Å². The number of nitrogens with one attached hydrogen (secondary N) is 1. The fraction of sp³-hybridized carbons (Fsp3) is 0.0833. The van der Waals surface area contributed by atoms with Gasteiger partial charge in [0.25, 0.3) is 10.0 Å². The molecule has 0 bridgehead atoms. The third-order valence-electron chi connectivity index (χ3n) is 2.53. The van der Waals surface area contributed by atoms with Crippen molar-refractivity contribution >= 4 is 55.9 Å². The van der Waals surface area contributed by atoms with Crippen LogP contribution in [0.4, 0.5) is 5.69 Å². The van der Waals surface area contributed by atoms with Gasteiger partial charge < -0.3 is 5.73 Å². The fourth-order valence-electron chi connectivity index (χ4n) is 1.50. The van der Waals surface area contributed by atoms with E-state index in [1.165, 1.54) is 6.07 Å². The topological polar surface area (TPSA) is 72.2 Å². The Labute approximate surface area is 131 Å². The first-order chi connectivity index (χ1) is 9.29. The molecule has 2 aromatic rings. The molecule has 1 aromatic carbocycles. The average molecular weight is 347 g/mol. The molecule has 0 aliphatic heterocycles. The van der Waals surface area contributed by atoms with E-state index < -0.39 is 10.0 Å². The van der Waals surface area contributed by atoms with Gasteiger partial charge in [0.1, 0.15) is 9.20 Å². The molecule has 0 atom stereocenters. The SMILES string of the molecule is Cc1ccc(Cl)cc1NS(=O)(=O)c1ccc(C(N)=S)s1. The maximum atomic E-state index is 12.3. The number of halogens is 1. The first-order valence-corrected chi connectivity index (χ1v) is 8.57. The third-order valence-corrected chi connectivity index (χ3v) is 6.09. The summed E-state index contributed by atoms with van der Waals surface area (Å²) in [5, 5.41) is 0.461. The molecule has 0 saturated carbocycles. The monoisotopic (exact) mass is 346 g/mol. The van der Waals surface area contributed by atoms with Crippen LogP contribution in [0.3, 0.4) is 0 Å². The number of thiocarbonyl (C=S) groups is 1. The Morgan fingerprint density at radius 1 is 1.35 bits per heavy atom. The van der Waals surface area contributed by atoms with E-state index in [0.717, 1.165) is 16.9 Å². The van der Waals surface area contributed by atoms with Crippen LogP contribution in [-0.4, -0.2) is 13.4 Å². The number of benzene rings is 1. The lowest BCUT2D eigenvalue weighted by molar-refractivity contribution is 0.603. The summed E-state index contributed by atoms with van der Waals surface area (Å²) in [6.07, 6.45) is 0. The second kappa shape index (κ2) is 5.69. The van der Waals surface area contributed by atoms with Crippen LogP contribution in [0, 0.1) is 6.92 Å². The molecule has 4 nitrogen and oxygen atoms in total. The molecule has 3 N–H and O–H groups in total. The molecule has 106 valence electrons. The van der Waals surface area contributed by atoms with E-state index in [1.54, 1.807) is 31.2 Å². The summed E-state index contributed by atoms with van der Waals surface area (Å²) < 4.78 is 27.2. The number of anilines is 1. The van der Waals surface area contributed by atoms with E-state index in [0.29, 0.717) is 15.6 Å². The van der Waals surface area contributed by atoms with E-state index in [1.807, 2.05) is 0 Å². The zero-order valence-corrected chi connectivity index (χ0v) is 13.6. The minimum absolute atomic E-state index is 0.152. The van der Waals surface area contributed by atoms with E-state index in [2.05, 4.69) is 4.72 Å². The fourth-order valence-corrected chi connectivity index (χ4v) is 4.14. The van der Waals surface area contributed by atoms with Gasteiger partial charge in [-0.3, -0.25) is 4.72 Å². The molecule has 1 heterocycles. The van der Waals surface area contributed by atoms with Crippen LogP contribution in [0.15, 0.2) is 34.5 Å². The van der Waals surface area contributed by atoms with Crippen molar-refractivity contribution in [3.8, 4) is 0 Å². The minimum atomic E-state index is -3.67. The predicted octanol–water partition coefficient (Wildman–Crippen LogP) is 3.14. The zero-order valence-electron chi connectivity index (χ0n) is 10.4. The average Bonchev–Trinajstić information content (AvgIpc) is 2.84. The van der Waals surface area contributed by atoms with Crippen LogP contribution in [-0.2, 0) is 10.0 Å². The molecule has 0 spiro atoms. The standard InChI is InChI=1S/C12H11ClN2O2S3/c1-7-2-3-8(13)6-9(7)15-20(16,17)11-5-4-10(19-11)12(14)18/h2-6,15H,1H3,(H2,14,18). The van der Waals surface area contributed by atoms with Crippen molar-refractivity contribution in [2.45, 2.75) is 11.1 Å². The van der Waals surface area contributed by atoms with Gasteiger partial charge >= 0.3 is 0 Å². The van der Waals surface area contributed by atoms with Gasteiger partial charge in [-0.05, 0) is 36.8 Å². The maximum Gasteiger partial charge on any atom is 0.271 e. The third kappa shape index (κ3) is 3.29. The molecule has 0 fully saturated rings. The Kier molecular flexibility index (Phi) is 4.33. The molecule has 0 aliphatic rings. The number of aryl methyl sites for hydroxylation is 1. The van der Waals surface area contributed by atoms with Crippen LogP contribution < -0.4 is 10.5 Å². The Balaban J connectivity index is 2.35. The number of sulfonamides is 1. The summed E-state index contributed by atoms with van der Waals surface area (Å²) in [7, 11) is -3.67. The molecule has 0 amide bonds. The lowest BCUT2D eigenvalue weighted by Crippen LogP contribution is -2.12. The quantitative estimate of drug-likeness (QED) is 0.834. The highest BCUT2D eigenvalue weighted by atomic mass is 35.5. The van der Waals surface area contributed by atoms with Gasteiger partial charge in [0.2, 0.25) is 0 Å². The highest BCUT2D eigenvalue weighted by Crippen LogP contribution is 2.27. The number of thiophene rings is 1. The van der Waals surface area contributed by atoms with Crippen molar-refractivity contribution in [2.24, 2.45) is 5.73 Å². The first kappa shape index (κ1) is 15.2. The van der Waals surface area contributed by atoms with Crippen molar-refractivity contribution in [2.75, 3.05) is 4.72 Å². The van der Waals surface area contributed by atoms with E-state index in [9.17, 15) is 8.42 Å². The Morgan fingerprint density at radius 2 is 2.05 bits per heavy atom. The van der Waals surface area contributed by atoms with Gasteiger partial charge in [-0.2, -0.15) is 0 Å². The van der Waals surface area contributed by atoms with Crippen LogP contribution in [0.25, 0.3) is 0 Å². The predicted molar refractivity (Wildman–Crippen MR) is 87.2 cm³/mol. The molecule has 1 aromatic heterocycles. The maximum absolute atomic E-state index is 12.3. The molecular weight excluding hydrogens is 336 g/mol. The highest BCUT2D eigenvalue weighted by Gasteiger charge is 2.18. The van der Waals surface area contributed by atoms with Crippen molar-refractivity contribution in [3.63, 3.8) is 0 Å². The molecular formula is C12H11ClN2O2S3. The second-order valence-corrected chi connectivity index (χ2v) is 7.92. The Bertz CT molecular complexity index is 769. The van der Waals surface area contributed by atoms with Crippen LogP contribution in [0.2, 0.25) is 5.02 Å². The van der Waals surface area contributed by atoms with Crippen molar-refractivity contribution in [1.82, 2.24) is 0 Å². The van der Waals surface area contributed by atoms with Crippen LogP contribution in [0.1, 0.15) is 10.4 Å². The van der Waals surface area contributed by atoms with Gasteiger partial charge in [-0.15, -0.1) is 11.3 Å². The van der Waals surface area contributed by atoms with Gasteiger partial charge in [-0.1, -0.05) is 29.9 Å². The summed E-state index contributed by atoms with van der Waals surface area (Å²) in [6, 6.07) is 8.07. The van der Waals surface area contributed by atoms with Gasteiger partial charge in [0, 0.05) is 5.02 Å². The van der Waals surface area contributed by atoms with Crippen LogP contribution in [0.5, 0.6) is 0 Å². The van der Waals surface area contributed by atoms with Crippen molar-refractivity contribution in [3.05, 3.63) is 45.8 Å². The van der Waals surface area contributed by atoms with E-state index in [4.69, 9.17) is 29.6 Å². The van der Waals surface area contributed by atoms with Crippen LogP contribution >= 0.6 is 35.2 Å². The normalized spacial score (nSPS) is 11.3. The smallest absolute Gasteiger partial charge is 0.271 e. The number of hydrogen-bond donors (Lipinski definition) is 2. The molecule has 0 aliphatic carbocycles. The Morgan fingerprint density at radius 3 is 2.65 bits per heavy atom. The van der Waals surface area contributed by atoms with E-state index in [-0.39, 0.29) is 9.20 Å². The van der Waals surface area contributed by atoms with Gasteiger partial charge in [0.05, 0.1) is 10.6 Å². The highest BCUT2D eigenvalue weighted by molar-refractivity contribution is 7.94. The summed E-state index contributed by atoms with van der Waals surface area (Å²) in [5.74, 6) is 0. The molecule has 20 heavy (non-hydrogen) atoms. The largest absolute Gasteiger partial charge is 0.389 e. The number of nitrogens with two attached hydrogens (primary N) is 1. The first-order valence-electron chi connectivity index (χ1n) is 5.48. The molecule has 8 heteroatoms. The lowest BCUT2D eigenvalue weighted by Gasteiger charge is -2.09. The zero-order chi connectivity index (χ0) is 14.9. The lowest BCUT2D eigenvalue weighted by atomic mass is 10.2. The van der Waals surface area contributed by atoms with E-state index >= 15 is 0 Å². The van der Waals surface area contributed by atoms with Crippen molar-refractivity contribution in [1.29, 1.82) is 0 Å². The Hall–Kier alpha value is -1.15.